The van der Waals surface area contributed by atoms with E-state index in [0.29, 0.717) is 0 Å². The second-order valence-corrected chi connectivity index (χ2v) is 0. The number of hydrogen-bond donors (Lipinski definition) is 0. The van der Waals surface area contributed by atoms with Gasteiger partial charge in [0.2, 0.25) is 0 Å². The number of rotatable bonds is 0. The molecule has 0 aromatic heterocycles. The molecule has 0 aliphatic heterocycles. The Kier molecular flexibility index (Phi) is 215. The first kappa shape index (κ1) is 40.5. The Labute approximate surface area is 101 Å². The number of hydrogen-bond acceptors (Lipinski definition) is 0. The van der Waals surface area contributed by atoms with Crippen molar-refractivity contribution in [1.29, 1.82) is 0 Å². The molecule has 0 aliphatic rings. The summed E-state index contributed by atoms with van der Waals surface area (Å²) < 4.78 is 0. The van der Waals surface area contributed by atoms with E-state index in [1.807, 2.05) is 0 Å². The monoisotopic (exact) mass is 377 g/mol. The standard InChI is InChI=1S/Mg.Mn.Ti.W.Zn.2H. The molecule has 0 spiro atoms. The van der Waals surface area contributed by atoms with Crippen molar-refractivity contribution in [3.8, 4) is 0 Å². The molecule has 0 heterocycles. The topological polar surface area (TPSA) is 0 Å². The summed E-state index contributed by atoms with van der Waals surface area (Å²) >= 11 is 0. The predicted molar refractivity (Wildman–Crippen MR) is 8.54 cm³/mol. The molecule has 0 bridgehead atoms. The molecule has 1 radical (unpaired) electrons. The van der Waals surface area contributed by atoms with Crippen molar-refractivity contribution in [2.75, 3.05) is 0 Å². The van der Waals surface area contributed by atoms with Crippen LogP contribution in [0.4, 0.5) is 0 Å². The Morgan fingerprint density at radius 2 is 1.00 bits per heavy atom. The quantitative estimate of drug-likeness (QED) is 0.478. The van der Waals surface area contributed by atoms with Crippen LogP contribution in [0.15, 0.2) is 0 Å². The molecule has 23 valence electrons. The van der Waals surface area contributed by atoms with Crippen LogP contribution in [-0.2, 0) is 79.3 Å². The Bertz CT molecular complexity index is 11.6. The Hall–Kier alpha value is 3.31. The first-order chi connectivity index (χ1) is 0. The molecule has 0 saturated heterocycles. The molecule has 0 aromatic carbocycles. The van der Waals surface area contributed by atoms with Gasteiger partial charge in [-0.25, -0.2) is 0 Å². The average Bonchev–Trinajstić information content (AvgIpc) is 0. The van der Waals surface area contributed by atoms with E-state index >= 15 is 0 Å². The van der Waals surface area contributed by atoms with Crippen molar-refractivity contribution >= 4 is 23.1 Å². The fraction of sp³-hybridized carbons (Fsp3) is 0. The van der Waals surface area contributed by atoms with Gasteiger partial charge >= 0.3 is 23.1 Å². The van der Waals surface area contributed by atoms with Gasteiger partial charge in [-0.3, -0.25) is 0 Å². The van der Waals surface area contributed by atoms with E-state index in [-0.39, 0.29) is 102 Å². The normalized spacial score (nSPS) is 0. The Morgan fingerprint density at radius 1 is 1.00 bits per heavy atom. The van der Waals surface area contributed by atoms with E-state index < -0.39 is 0 Å². The molecule has 0 saturated carbocycles. The third kappa shape index (κ3) is 18.8. The summed E-state index contributed by atoms with van der Waals surface area (Å²) in [4.78, 5) is 0. The first-order valence-electron chi connectivity index (χ1n) is 0. The summed E-state index contributed by atoms with van der Waals surface area (Å²) in [5.74, 6) is 0. The van der Waals surface area contributed by atoms with Gasteiger partial charge in [-0.1, -0.05) is 0 Å². The van der Waals surface area contributed by atoms with Gasteiger partial charge in [0, 0.05) is 79.3 Å². The van der Waals surface area contributed by atoms with Gasteiger partial charge in [-0.15, -0.1) is 0 Å². The van der Waals surface area contributed by atoms with Crippen molar-refractivity contribution < 1.29 is 79.3 Å². The molecule has 0 amide bonds. The average molecular weight is 378 g/mol. The van der Waals surface area contributed by atoms with Crippen molar-refractivity contribution in [2.24, 2.45) is 0 Å². The van der Waals surface area contributed by atoms with E-state index in [0.717, 1.165) is 0 Å². The summed E-state index contributed by atoms with van der Waals surface area (Å²) in [5.41, 5.74) is 0. The maximum absolute atomic E-state index is 0. The minimum atomic E-state index is 0. The SMILES string of the molecule is [MgH2].[Mn].[Ti].[W].[Zn]. The second-order valence-electron chi connectivity index (χ2n) is 0. The van der Waals surface area contributed by atoms with Crippen LogP contribution in [0.25, 0.3) is 0 Å². The predicted octanol–water partition coefficient (Wildman–Crippen LogP) is -0.926. The van der Waals surface area contributed by atoms with Gasteiger partial charge in [0.05, 0.1) is 0 Å². The molecular weight excluding hydrogens is 376 g/mol. The van der Waals surface area contributed by atoms with Crippen molar-refractivity contribution in [2.45, 2.75) is 0 Å². The van der Waals surface area contributed by atoms with Crippen molar-refractivity contribution in [1.82, 2.24) is 0 Å². The Morgan fingerprint density at radius 3 is 1.00 bits per heavy atom. The fourth-order valence-electron chi connectivity index (χ4n) is 0. The molecule has 0 rings (SSSR count). The summed E-state index contributed by atoms with van der Waals surface area (Å²) in [6, 6.07) is 0. The van der Waals surface area contributed by atoms with Crippen molar-refractivity contribution in [3.05, 3.63) is 0 Å². The van der Waals surface area contributed by atoms with E-state index in [2.05, 4.69) is 0 Å². The molecule has 0 aliphatic carbocycles. The van der Waals surface area contributed by atoms with Gasteiger partial charge in [0.15, 0.2) is 0 Å². The maximum atomic E-state index is 0. The zero-order chi connectivity index (χ0) is 0. The van der Waals surface area contributed by atoms with Crippen LogP contribution in [0.2, 0.25) is 0 Å². The first-order valence-corrected chi connectivity index (χ1v) is 0. The van der Waals surface area contributed by atoms with Gasteiger partial charge in [0.25, 0.3) is 0 Å². The summed E-state index contributed by atoms with van der Waals surface area (Å²) in [6.07, 6.45) is 0. The third-order valence-corrected chi connectivity index (χ3v) is 0. The van der Waals surface area contributed by atoms with E-state index in [1.165, 1.54) is 0 Å². The molecule has 0 atom stereocenters. The molecule has 5 heavy (non-hydrogen) atoms. The van der Waals surface area contributed by atoms with E-state index in [4.69, 9.17) is 0 Å². The third-order valence-electron chi connectivity index (χ3n) is 0. The smallest absolute Gasteiger partial charge is 0 e. The van der Waals surface area contributed by atoms with E-state index in [1.54, 1.807) is 0 Å². The molecule has 0 fully saturated rings. The fourth-order valence-corrected chi connectivity index (χ4v) is 0. The van der Waals surface area contributed by atoms with Crippen LogP contribution in [0, 0.1) is 0 Å². The molecule has 0 aromatic rings. The van der Waals surface area contributed by atoms with Crippen LogP contribution >= 0.6 is 0 Å². The van der Waals surface area contributed by atoms with Gasteiger partial charge < -0.3 is 0 Å². The van der Waals surface area contributed by atoms with Crippen molar-refractivity contribution in [3.63, 3.8) is 0 Å². The van der Waals surface area contributed by atoms with Crippen LogP contribution in [0.5, 0.6) is 0 Å². The zero-order valence-electron chi connectivity index (χ0n) is 1.99. The molecule has 5 heteroatoms. The molecule has 0 unspecified atom stereocenters. The van der Waals surface area contributed by atoms with Crippen LogP contribution in [0.1, 0.15) is 0 Å². The van der Waals surface area contributed by atoms with Crippen LogP contribution in [-0.4, -0.2) is 23.1 Å². The summed E-state index contributed by atoms with van der Waals surface area (Å²) in [5, 5.41) is 0. The van der Waals surface area contributed by atoms with Crippen LogP contribution < -0.4 is 0 Å². The Balaban J connectivity index is 0. The van der Waals surface area contributed by atoms with Gasteiger partial charge in [-0.05, 0) is 0 Å². The molecule has 0 nitrogen and oxygen atoms in total. The van der Waals surface area contributed by atoms with Crippen LogP contribution in [0.3, 0.4) is 0 Å². The summed E-state index contributed by atoms with van der Waals surface area (Å²) in [7, 11) is 0. The minimum absolute atomic E-state index is 0. The second kappa shape index (κ2) is 26.6. The largest absolute Gasteiger partial charge is 0.316 e. The molecule has 0 N–H and O–H groups in total. The zero-order valence-corrected chi connectivity index (χ0v) is 10.6. The van der Waals surface area contributed by atoms with E-state index in [9.17, 15) is 0 Å². The maximum Gasteiger partial charge on any atom is 0.316 e. The van der Waals surface area contributed by atoms with Gasteiger partial charge in [0.1, 0.15) is 0 Å². The molecular formula is H2MgMnTiWZn. The summed E-state index contributed by atoms with van der Waals surface area (Å²) in [6.45, 7) is 0. The van der Waals surface area contributed by atoms with Gasteiger partial charge in [-0.2, -0.15) is 0 Å². The minimum Gasteiger partial charge on any atom is 0 e.